The topological polar surface area (TPSA) is 3.24 Å². The summed E-state index contributed by atoms with van der Waals surface area (Å²) in [7, 11) is 0. The third-order valence-corrected chi connectivity index (χ3v) is 13.1. The van der Waals surface area contributed by atoms with Crippen molar-refractivity contribution in [1.82, 2.24) is 0 Å². The molecule has 0 saturated carbocycles. The Labute approximate surface area is 292 Å². The van der Waals surface area contributed by atoms with Crippen LogP contribution >= 0.6 is 0 Å². The maximum atomic E-state index is 2.51. The molecule has 9 aromatic rings. The fraction of sp³-hybridized carbons (Fsp3) is 0.0638. The summed E-state index contributed by atoms with van der Waals surface area (Å²) in [6.07, 6.45) is 0. The number of fused-ring (bicyclic) bond motifs is 10. The Bertz CT molecular complexity index is 2750. The van der Waals surface area contributed by atoms with E-state index in [0.29, 0.717) is 0 Å². The molecule has 1 aromatic heterocycles. The monoisotopic (exact) mass is 691 g/mol. The van der Waals surface area contributed by atoms with E-state index in [9.17, 15) is 0 Å². The third-order valence-electron chi connectivity index (χ3n) is 10.6. The summed E-state index contributed by atoms with van der Waals surface area (Å²) in [5.41, 5.74) is 11.4. The Hall–Kier alpha value is -5.40. The molecular formula is C47H33NSe. The van der Waals surface area contributed by atoms with Crippen LogP contribution in [0.2, 0.25) is 0 Å². The molecule has 0 radical (unpaired) electrons. The molecule has 1 aliphatic carbocycles. The number of nitrogens with zero attached hydrogens (tertiary/aromatic N) is 1. The number of anilines is 3. The Kier molecular flexibility index (Phi) is 6.31. The summed E-state index contributed by atoms with van der Waals surface area (Å²) in [5, 5.41) is 8.05. The molecule has 232 valence electrons. The van der Waals surface area contributed by atoms with Crippen molar-refractivity contribution < 1.29 is 0 Å². The first kappa shape index (κ1) is 28.6. The Morgan fingerprint density at radius 1 is 0.469 bits per heavy atom. The van der Waals surface area contributed by atoms with Crippen LogP contribution in [0.5, 0.6) is 0 Å². The van der Waals surface area contributed by atoms with E-state index >= 15 is 0 Å². The van der Waals surface area contributed by atoms with Gasteiger partial charge in [-0.3, -0.25) is 0 Å². The second-order valence-corrected chi connectivity index (χ2v) is 15.9. The SMILES string of the molecule is CC1(C)c2ccccc2-c2cc(N(c3cccc(-c4ccccc4)c3)c3cc4ccccc4c4c3ccc3c5ccccc5[se]c34)ccc21. The number of hydrogen-bond acceptors (Lipinski definition) is 1. The molecule has 8 aromatic carbocycles. The van der Waals surface area contributed by atoms with Crippen molar-refractivity contribution in [2.75, 3.05) is 4.90 Å². The first-order chi connectivity index (χ1) is 24.1. The second-order valence-electron chi connectivity index (χ2n) is 13.7. The van der Waals surface area contributed by atoms with Crippen LogP contribution < -0.4 is 4.90 Å². The molecule has 0 aliphatic heterocycles. The zero-order chi connectivity index (χ0) is 32.7. The number of hydrogen-bond donors (Lipinski definition) is 0. The Morgan fingerprint density at radius 3 is 2.06 bits per heavy atom. The van der Waals surface area contributed by atoms with Gasteiger partial charge in [-0.1, -0.05) is 0 Å². The van der Waals surface area contributed by atoms with E-state index in [1.165, 1.54) is 85.6 Å². The standard InChI is InChI=1S/C47H33NSe/c1-47(2)41-21-10-8-19-36(41)40-29-34(23-26-42(40)47)48(33-17-12-16-31(27-33)30-13-4-3-5-14-30)43-28-32-15-6-7-18-35(32)45-39(43)25-24-38-37-20-9-11-22-44(37)49-46(38)45/h3-29H,1-2H3. The third kappa shape index (κ3) is 4.31. The molecule has 0 unspecified atom stereocenters. The summed E-state index contributed by atoms with van der Waals surface area (Å²) in [4.78, 5) is 2.51. The zero-order valence-electron chi connectivity index (χ0n) is 27.4. The van der Waals surface area contributed by atoms with Gasteiger partial charge in [-0.15, -0.1) is 0 Å². The molecular weight excluding hydrogens is 657 g/mol. The number of benzene rings is 8. The molecule has 10 rings (SSSR count). The fourth-order valence-corrected chi connectivity index (χ4v) is 10.9. The van der Waals surface area contributed by atoms with Gasteiger partial charge in [0.25, 0.3) is 0 Å². The molecule has 0 fully saturated rings. The van der Waals surface area contributed by atoms with Crippen LogP contribution in [0, 0.1) is 0 Å². The summed E-state index contributed by atoms with van der Waals surface area (Å²) in [6, 6.07) is 61.0. The van der Waals surface area contributed by atoms with E-state index in [1.807, 2.05) is 0 Å². The van der Waals surface area contributed by atoms with Crippen molar-refractivity contribution in [2.45, 2.75) is 19.3 Å². The molecule has 1 heterocycles. The van der Waals surface area contributed by atoms with Crippen LogP contribution in [0.1, 0.15) is 25.0 Å². The molecule has 0 bridgehead atoms. The van der Waals surface area contributed by atoms with Gasteiger partial charge in [-0.05, 0) is 0 Å². The van der Waals surface area contributed by atoms with Crippen LogP contribution in [-0.4, -0.2) is 14.5 Å². The number of rotatable bonds is 4. The molecule has 0 atom stereocenters. The molecule has 1 nitrogen and oxygen atoms in total. The molecule has 2 heteroatoms. The van der Waals surface area contributed by atoms with Gasteiger partial charge in [0, 0.05) is 0 Å². The zero-order valence-corrected chi connectivity index (χ0v) is 29.2. The second kappa shape index (κ2) is 10.8. The summed E-state index contributed by atoms with van der Waals surface area (Å²) in [6.45, 7) is 4.71. The van der Waals surface area contributed by atoms with E-state index in [2.05, 4.69) is 183 Å². The van der Waals surface area contributed by atoms with Crippen molar-refractivity contribution >= 4 is 72.4 Å². The molecule has 1 aliphatic rings. The predicted octanol–water partition coefficient (Wildman–Crippen LogP) is 12.8. The molecule has 0 saturated heterocycles. The average Bonchev–Trinajstić information content (AvgIpc) is 3.64. The minimum atomic E-state index is -0.0458. The molecule has 49 heavy (non-hydrogen) atoms. The van der Waals surface area contributed by atoms with Crippen molar-refractivity contribution in [3.63, 3.8) is 0 Å². The van der Waals surface area contributed by atoms with E-state index in [-0.39, 0.29) is 19.9 Å². The van der Waals surface area contributed by atoms with Crippen molar-refractivity contribution in [2.24, 2.45) is 0 Å². The maximum absolute atomic E-state index is 2.51. The quantitative estimate of drug-likeness (QED) is 0.131. The summed E-state index contributed by atoms with van der Waals surface area (Å²) >= 11 is 0.230. The van der Waals surface area contributed by atoms with Crippen LogP contribution in [-0.2, 0) is 5.41 Å². The van der Waals surface area contributed by atoms with Gasteiger partial charge in [-0.2, -0.15) is 0 Å². The minimum absolute atomic E-state index is 0.0458. The Balaban J connectivity index is 1.30. The van der Waals surface area contributed by atoms with E-state index in [1.54, 1.807) is 0 Å². The van der Waals surface area contributed by atoms with Gasteiger partial charge in [0.05, 0.1) is 0 Å². The van der Waals surface area contributed by atoms with Gasteiger partial charge in [0.2, 0.25) is 0 Å². The fourth-order valence-electron chi connectivity index (χ4n) is 8.26. The first-order valence-corrected chi connectivity index (χ1v) is 18.7. The van der Waals surface area contributed by atoms with Crippen LogP contribution in [0.4, 0.5) is 17.1 Å². The van der Waals surface area contributed by atoms with Crippen LogP contribution in [0.15, 0.2) is 164 Å². The summed E-state index contributed by atoms with van der Waals surface area (Å²) in [5.74, 6) is 0. The van der Waals surface area contributed by atoms with Gasteiger partial charge < -0.3 is 0 Å². The van der Waals surface area contributed by atoms with E-state index in [4.69, 9.17) is 0 Å². The Morgan fingerprint density at radius 2 is 1.16 bits per heavy atom. The van der Waals surface area contributed by atoms with Crippen molar-refractivity contribution in [3.05, 3.63) is 175 Å². The van der Waals surface area contributed by atoms with Gasteiger partial charge in [0.15, 0.2) is 0 Å². The molecule has 0 amide bonds. The predicted molar refractivity (Wildman–Crippen MR) is 211 cm³/mol. The van der Waals surface area contributed by atoms with Gasteiger partial charge in [0.1, 0.15) is 0 Å². The normalized spacial score (nSPS) is 13.3. The van der Waals surface area contributed by atoms with Crippen molar-refractivity contribution in [3.8, 4) is 22.3 Å². The molecule has 0 spiro atoms. The van der Waals surface area contributed by atoms with Crippen LogP contribution in [0.25, 0.3) is 63.1 Å². The van der Waals surface area contributed by atoms with Crippen LogP contribution in [0.3, 0.4) is 0 Å². The first-order valence-electron chi connectivity index (χ1n) is 17.0. The molecule has 0 N–H and O–H groups in total. The van der Waals surface area contributed by atoms with Gasteiger partial charge in [-0.25, -0.2) is 0 Å². The summed E-state index contributed by atoms with van der Waals surface area (Å²) < 4.78 is 2.96. The van der Waals surface area contributed by atoms with E-state index in [0.717, 1.165) is 5.69 Å². The van der Waals surface area contributed by atoms with Gasteiger partial charge >= 0.3 is 294 Å². The average molecular weight is 691 g/mol. The van der Waals surface area contributed by atoms with Crippen molar-refractivity contribution in [1.29, 1.82) is 0 Å². The van der Waals surface area contributed by atoms with E-state index < -0.39 is 0 Å².